The van der Waals surface area contributed by atoms with Crippen LogP contribution in [0.1, 0.15) is 41.4 Å². The van der Waals surface area contributed by atoms with E-state index in [-0.39, 0.29) is 0 Å². The molecule has 24 heavy (non-hydrogen) atoms. The second-order valence-electron chi connectivity index (χ2n) is 5.31. The third-order valence-electron chi connectivity index (χ3n) is 3.76. The van der Waals surface area contributed by atoms with Gasteiger partial charge in [0.2, 0.25) is 5.13 Å². The van der Waals surface area contributed by atoms with Gasteiger partial charge in [-0.15, -0.1) is 11.3 Å². The van der Waals surface area contributed by atoms with E-state index in [1.165, 1.54) is 16.9 Å². The number of hydrogen-bond donors (Lipinski definition) is 1. The zero-order chi connectivity index (χ0) is 16.9. The summed E-state index contributed by atoms with van der Waals surface area (Å²) < 4.78 is 10.2. The van der Waals surface area contributed by atoms with E-state index in [4.69, 9.17) is 9.47 Å². The highest BCUT2D eigenvalue weighted by Crippen LogP contribution is 2.26. The van der Waals surface area contributed by atoms with Crippen molar-refractivity contribution in [2.45, 2.75) is 26.2 Å². The van der Waals surface area contributed by atoms with Gasteiger partial charge in [-0.2, -0.15) is 5.10 Å². The molecule has 1 aliphatic rings. The average molecular weight is 345 g/mol. The molecule has 6 nitrogen and oxygen atoms in total. The van der Waals surface area contributed by atoms with Crippen molar-refractivity contribution < 1.29 is 14.3 Å². The van der Waals surface area contributed by atoms with Gasteiger partial charge in [-0.3, -0.25) is 5.43 Å². The Morgan fingerprint density at radius 1 is 1.42 bits per heavy atom. The molecule has 1 aromatic heterocycles. The number of fused-ring (bicyclic) bond motifs is 1. The van der Waals surface area contributed by atoms with E-state index in [2.05, 4.69) is 21.6 Å². The normalized spacial score (nSPS) is 15.0. The summed E-state index contributed by atoms with van der Waals surface area (Å²) in [5.41, 5.74) is 6.63. The molecule has 0 atom stereocenters. The van der Waals surface area contributed by atoms with Crippen LogP contribution < -0.4 is 10.2 Å². The van der Waals surface area contributed by atoms with E-state index >= 15 is 0 Å². The number of aromatic nitrogens is 1. The minimum atomic E-state index is -0.412. The first kappa shape index (κ1) is 16.4. The van der Waals surface area contributed by atoms with Gasteiger partial charge in [-0.05, 0) is 49.9 Å². The highest BCUT2D eigenvalue weighted by Gasteiger charge is 2.17. The zero-order valence-electron chi connectivity index (χ0n) is 13.7. The van der Waals surface area contributed by atoms with Gasteiger partial charge in [0.25, 0.3) is 0 Å². The van der Waals surface area contributed by atoms with Gasteiger partial charge in [-0.25, -0.2) is 9.78 Å². The number of rotatable bonds is 5. The molecule has 0 spiro atoms. The largest absolute Gasteiger partial charge is 0.497 e. The molecule has 7 heteroatoms. The van der Waals surface area contributed by atoms with E-state index in [1.54, 1.807) is 19.4 Å². The number of benzene rings is 1. The van der Waals surface area contributed by atoms with Crippen LogP contribution in [0.5, 0.6) is 5.75 Å². The van der Waals surface area contributed by atoms with Crippen LogP contribution in [0, 0.1) is 0 Å². The Balaban J connectivity index is 1.75. The first-order valence-electron chi connectivity index (χ1n) is 7.83. The van der Waals surface area contributed by atoms with Gasteiger partial charge in [-0.1, -0.05) is 0 Å². The predicted molar refractivity (Wildman–Crippen MR) is 94.2 cm³/mol. The topological polar surface area (TPSA) is 72.8 Å². The first-order valence-corrected chi connectivity index (χ1v) is 8.71. The molecule has 1 aromatic carbocycles. The molecule has 0 amide bonds. The fourth-order valence-corrected chi connectivity index (χ4v) is 3.24. The number of esters is 1. The number of nitrogens with zero attached hydrogens (tertiary/aromatic N) is 2. The van der Waals surface area contributed by atoms with Crippen LogP contribution in [-0.4, -0.2) is 30.4 Å². The monoisotopic (exact) mass is 345 g/mol. The second-order valence-corrected chi connectivity index (χ2v) is 6.16. The summed E-state index contributed by atoms with van der Waals surface area (Å²) in [5.74, 6) is 0.450. The Morgan fingerprint density at radius 2 is 2.29 bits per heavy atom. The lowest BCUT2D eigenvalue weighted by molar-refractivity contribution is 0.0520. The number of thiazole rings is 1. The molecular formula is C17H19N3O3S. The van der Waals surface area contributed by atoms with Gasteiger partial charge in [0.15, 0.2) is 5.69 Å². The molecule has 1 heterocycles. The minimum Gasteiger partial charge on any atom is -0.497 e. The lowest BCUT2D eigenvalue weighted by Crippen LogP contribution is -2.13. The Labute approximate surface area is 144 Å². The van der Waals surface area contributed by atoms with E-state index in [0.717, 1.165) is 36.3 Å². The van der Waals surface area contributed by atoms with Crippen LogP contribution in [-0.2, 0) is 11.2 Å². The van der Waals surface area contributed by atoms with Crippen molar-refractivity contribution in [3.05, 3.63) is 40.4 Å². The molecule has 126 valence electrons. The summed E-state index contributed by atoms with van der Waals surface area (Å²) in [7, 11) is 1.67. The van der Waals surface area contributed by atoms with Gasteiger partial charge < -0.3 is 9.47 Å². The van der Waals surface area contributed by atoms with Gasteiger partial charge in [0.1, 0.15) is 5.75 Å². The number of hydrazone groups is 1. The molecule has 1 N–H and O–H groups in total. The molecule has 2 aromatic rings. The van der Waals surface area contributed by atoms with Gasteiger partial charge >= 0.3 is 5.97 Å². The highest BCUT2D eigenvalue weighted by molar-refractivity contribution is 7.13. The molecule has 3 rings (SSSR count). The van der Waals surface area contributed by atoms with Crippen molar-refractivity contribution in [1.29, 1.82) is 0 Å². The van der Waals surface area contributed by atoms with Crippen LogP contribution in [0.25, 0.3) is 0 Å². The first-order chi connectivity index (χ1) is 11.7. The van der Waals surface area contributed by atoms with Crippen molar-refractivity contribution in [3.8, 4) is 5.75 Å². The predicted octanol–water partition coefficient (Wildman–Crippen LogP) is 3.48. The summed E-state index contributed by atoms with van der Waals surface area (Å²) in [6.45, 7) is 2.10. The number of carbonyl (C=O) groups is 1. The third-order valence-corrected chi connectivity index (χ3v) is 4.51. The fourth-order valence-electron chi connectivity index (χ4n) is 2.62. The molecule has 0 unspecified atom stereocenters. The van der Waals surface area contributed by atoms with E-state index in [1.807, 2.05) is 12.1 Å². The van der Waals surface area contributed by atoms with Crippen LogP contribution in [0.4, 0.5) is 5.13 Å². The van der Waals surface area contributed by atoms with E-state index in [9.17, 15) is 4.79 Å². The Morgan fingerprint density at radius 3 is 3.08 bits per heavy atom. The van der Waals surface area contributed by atoms with Crippen molar-refractivity contribution in [2.75, 3.05) is 19.1 Å². The number of anilines is 1. The molecule has 0 aliphatic heterocycles. The number of methoxy groups -OCH3 is 1. The smallest absolute Gasteiger partial charge is 0.357 e. The maximum absolute atomic E-state index is 11.6. The molecule has 0 saturated carbocycles. The van der Waals surface area contributed by atoms with Gasteiger partial charge in [0.05, 0.1) is 19.4 Å². The van der Waals surface area contributed by atoms with E-state index in [0.29, 0.717) is 17.4 Å². The summed E-state index contributed by atoms with van der Waals surface area (Å²) in [6.07, 6.45) is 2.98. The number of carbonyl (C=O) groups excluding carboxylic acids is 1. The Kier molecular flexibility index (Phi) is 5.10. The molecule has 1 aliphatic carbocycles. The number of nitrogens with one attached hydrogen (secondary N) is 1. The van der Waals surface area contributed by atoms with Crippen molar-refractivity contribution in [1.82, 2.24) is 4.98 Å². The fraction of sp³-hybridized carbons (Fsp3) is 0.353. The third kappa shape index (κ3) is 3.56. The number of hydrogen-bond acceptors (Lipinski definition) is 7. The molecule has 0 saturated heterocycles. The summed E-state index contributed by atoms with van der Waals surface area (Å²) in [5, 5.41) is 6.73. The summed E-state index contributed by atoms with van der Waals surface area (Å²) in [6, 6.07) is 6.05. The summed E-state index contributed by atoms with van der Waals surface area (Å²) >= 11 is 1.33. The summed E-state index contributed by atoms with van der Waals surface area (Å²) in [4.78, 5) is 15.8. The van der Waals surface area contributed by atoms with Crippen molar-refractivity contribution in [3.63, 3.8) is 0 Å². The van der Waals surface area contributed by atoms with Crippen molar-refractivity contribution >= 4 is 28.1 Å². The standard InChI is InChI=1S/C17H19N3O3S/c1-3-23-16(21)15-10-24-17(18-15)20-19-14-6-4-5-11-9-12(22-2)7-8-13(11)14/h7-10H,3-6H2,1-2H3,(H,18,20)/b19-14-. The molecular weight excluding hydrogens is 326 g/mol. The molecule has 0 bridgehead atoms. The maximum Gasteiger partial charge on any atom is 0.357 e. The zero-order valence-corrected chi connectivity index (χ0v) is 14.5. The number of aryl methyl sites for hydroxylation is 1. The lowest BCUT2D eigenvalue weighted by Gasteiger charge is -2.18. The van der Waals surface area contributed by atoms with Crippen molar-refractivity contribution in [2.24, 2.45) is 5.10 Å². The lowest BCUT2D eigenvalue weighted by atomic mass is 9.90. The van der Waals surface area contributed by atoms with Gasteiger partial charge in [0, 0.05) is 10.9 Å². The highest BCUT2D eigenvalue weighted by atomic mass is 32.1. The maximum atomic E-state index is 11.6. The Bertz CT molecular complexity index is 770. The van der Waals surface area contributed by atoms with Crippen LogP contribution in [0.3, 0.4) is 0 Å². The average Bonchev–Trinajstić information content (AvgIpc) is 3.08. The Hall–Kier alpha value is -2.41. The number of ether oxygens (including phenoxy) is 2. The SMILES string of the molecule is CCOC(=O)c1csc(N/N=C2/CCCc3cc(OC)ccc32)n1. The van der Waals surface area contributed by atoms with E-state index < -0.39 is 5.97 Å². The van der Waals surface area contributed by atoms with Crippen LogP contribution in [0.15, 0.2) is 28.7 Å². The quantitative estimate of drug-likeness (QED) is 0.663. The van der Waals surface area contributed by atoms with Crippen LogP contribution in [0.2, 0.25) is 0 Å². The second kappa shape index (κ2) is 7.44. The minimum absolute atomic E-state index is 0.304. The molecule has 0 radical (unpaired) electrons. The van der Waals surface area contributed by atoms with Crippen LogP contribution >= 0.6 is 11.3 Å². The molecule has 0 fully saturated rings.